The molecule has 2 fully saturated rings. The van der Waals surface area contributed by atoms with E-state index in [1.165, 1.54) is 25.8 Å². The van der Waals surface area contributed by atoms with Gasteiger partial charge in [-0.1, -0.05) is 0 Å². The van der Waals surface area contributed by atoms with Crippen molar-refractivity contribution in [3.8, 4) is 5.88 Å². The van der Waals surface area contributed by atoms with Crippen molar-refractivity contribution in [3.63, 3.8) is 0 Å². The molecule has 0 aromatic carbocycles. The fourth-order valence-electron chi connectivity index (χ4n) is 3.22. The molecule has 1 N–H and O–H groups in total. The smallest absolute Gasteiger partial charge is 0.228 e. The minimum absolute atomic E-state index is 0.144. The highest BCUT2D eigenvalue weighted by Crippen LogP contribution is 2.27. The summed E-state index contributed by atoms with van der Waals surface area (Å²) in [6.45, 7) is 7.29. The molecule has 3 heterocycles. The third kappa shape index (κ3) is 3.03. The molecule has 0 bridgehead atoms. The highest BCUT2D eigenvalue weighted by molar-refractivity contribution is 5.33. The second-order valence-electron chi connectivity index (χ2n) is 6.06. The number of fused-ring (bicyclic) bond motifs is 1. The Hall–Kier alpha value is -1.36. The molecule has 2 saturated heterocycles. The van der Waals surface area contributed by atoms with Crippen LogP contribution in [0.25, 0.3) is 0 Å². The van der Waals surface area contributed by atoms with E-state index in [1.54, 1.807) is 6.20 Å². The van der Waals surface area contributed by atoms with E-state index >= 15 is 0 Å². The van der Waals surface area contributed by atoms with Crippen LogP contribution in [0.2, 0.25) is 0 Å². The Balaban J connectivity index is 1.69. The number of nitrogens with one attached hydrogen (secondary N) is 1. The molecule has 20 heavy (non-hydrogen) atoms. The van der Waals surface area contributed by atoms with E-state index < -0.39 is 0 Å². The quantitative estimate of drug-likeness (QED) is 0.913. The van der Waals surface area contributed by atoms with Crippen LogP contribution in [-0.4, -0.2) is 41.7 Å². The average Bonchev–Trinajstić information content (AvgIpc) is 2.46. The van der Waals surface area contributed by atoms with E-state index in [9.17, 15) is 0 Å². The molecule has 2 unspecified atom stereocenters. The maximum Gasteiger partial charge on any atom is 0.228 e. The Morgan fingerprint density at radius 3 is 3.15 bits per heavy atom. The lowest BCUT2D eigenvalue weighted by Gasteiger charge is -2.41. The largest absolute Gasteiger partial charge is 0.475 e. The fraction of sp³-hybridized carbons (Fsp3) is 0.733. The molecule has 0 saturated carbocycles. The van der Waals surface area contributed by atoms with Crippen molar-refractivity contribution in [1.29, 1.82) is 0 Å². The first-order chi connectivity index (χ1) is 9.72. The minimum atomic E-state index is 0.144. The topological polar surface area (TPSA) is 50.3 Å². The highest BCUT2D eigenvalue weighted by Gasteiger charge is 2.31. The third-order valence-corrected chi connectivity index (χ3v) is 4.15. The summed E-state index contributed by atoms with van der Waals surface area (Å²) in [5, 5.41) is 3.64. The zero-order valence-electron chi connectivity index (χ0n) is 12.4. The molecule has 110 valence electrons. The maximum atomic E-state index is 5.66. The number of rotatable bonds is 3. The van der Waals surface area contributed by atoms with Crippen molar-refractivity contribution in [1.82, 2.24) is 15.3 Å². The van der Waals surface area contributed by atoms with Gasteiger partial charge in [-0.2, -0.15) is 4.98 Å². The van der Waals surface area contributed by atoms with E-state index in [4.69, 9.17) is 4.74 Å². The summed E-state index contributed by atoms with van der Waals surface area (Å²) in [4.78, 5) is 11.3. The van der Waals surface area contributed by atoms with Crippen LogP contribution in [0, 0.1) is 5.92 Å². The van der Waals surface area contributed by atoms with E-state index in [2.05, 4.69) is 20.2 Å². The number of aromatic nitrogens is 2. The minimum Gasteiger partial charge on any atom is -0.475 e. The average molecular weight is 276 g/mol. The van der Waals surface area contributed by atoms with Gasteiger partial charge < -0.3 is 15.0 Å². The molecule has 0 radical (unpaired) electrons. The van der Waals surface area contributed by atoms with E-state index in [0.29, 0.717) is 11.9 Å². The summed E-state index contributed by atoms with van der Waals surface area (Å²) in [5.41, 5.74) is 0. The first-order valence-electron chi connectivity index (χ1n) is 7.70. The first-order valence-corrected chi connectivity index (χ1v) is 7.70. The normalized spacial score (nSPS) is 26.4. The number of hydrogen-bond acceptors (Lipinski definition) is 5. The van der Waals surface area contributed by atoms with Crippen molar-refractivity contribution < 1.29 is 4.74 Å². The van der Waals surface area contributed by atoms with Crippen LogP contribution >= 0.6 is 0 Å². The third-order valence-electron chi connectivity index (χ3n) is 4.15. The lowest BCUT2D eigenvalue weighted by Crippen LogP contribution is -2.52. The van der Waals surface area contributed by atoms with Gasteiger partial charge in [0, 0.05) is 31.4 Å². The van der Waals surface area contributed by atoms with Gasteiger partial charge in [-0.25, -0.2) is 4.98 Å². The summed E-state index contributed by atoms with van der Waals surface area (Å²) < 4.78 is 5.66. The zero-order valence-corrected chi connectivity index (χ0v) is 12.4. The highest BCUT2D eigenvalue weighted by atomic mass is 16.5. The van der Waals surface area contributed by atoms with Gasteiger partial charge in [0.1, 0.15) is 0 Å². The van der Waals surface area contributed by atoms with Gasteiger partial charge in [0.15, 0.2) is 0 Å². The Bertz CT molecular complexity index is 451. The first kappa shape index (κ1) is 13.6. The monoisotopic (exact) mass is 276 g/mol. The Morgan fingerprint density at radius 1 is 1.40 bits per heavy atom. The second-order valence-corrected chi connectivity index (χ2v) is 6.06. The van der Waals surface area contributed by atoms with E-state index in [1.807, 2.05) is 19.9 Å². The molecular formula is C15H24N4O. The number of hydrogen-bond donors (Lipinski definition) is 1. The van der Waals surface area contributed by atoms with Crippen molar-refractivity contribution in [3.05, 3.63) is 12.3 Å². The van der Waals surface area contributed by atoms with Crippen LogP contribution in [0.15, 0.2) is 12.3 Å². The molecule has 1 aromatic rings. The molecule has 2 aliphatic heterocycles. The molecule has 0 spiro atoms. The van der Waals surface area contributed by atoms with Gasteiger partial charge in [-0.3, -0.25) is 0 Å². The Morgan fingerprint density at radius 2 is 2.30 bits per heavy atom. The summed E-state index contributed by atoms with van der Waals surface area (Å²) in [5.74, 6) is 2.22. The lowest BCUT2D eigenvalue weighted by molar-refractivity contribution is 0.229. The molecule has 1 aromatic heterocycles. The summed E-state index contributed by atoms with van der Waals surface area (Å²) >= 11 is 0. The van der Waals surface area contributed by atoms with Gasteiger partial charge in [0.25, 0.3) is 0 Å². The van der Waals surface area contributed by atoms with Gasteiger partial charge in [-0.05, 0) is 45.6 Å². The van der Waals surface area contributed by atoms with Crippen molar-refractivity contribution in [2.75, 3.05) is 24.5 Å². The standard InChI is InChI=1S/C15H24N4O/c1-11(2)20-14-5-8-17-15(18-14)19-9-6-13-12(10-19)4-3-7-16-13/h5,8,11-13,16H,3-4,6-7,9-10H2,1-2H3. The molecule has 2 aliphatic rings. The van der Waals surface area contributed by atoms with Crippen molar-refractivity contribution >= 4 is 5.95 Å². The molecule has 0 amide bonds. The van der Waals surface area contributed by atoms with Crippen LogP contribution in [0.1, 0.15) is 33.1 Å². The van der Waals surface area contributed by atoms with Crippen molar-refractivity contribution in [2.24, 2.45) is 5.92 Å². The van der Waals surface area contributed by atoms with Gasteiger partial charge in [0.05, 0.1) is 6.10 Å². The number of anilines is 1. The van der Waals surface area contributed by atoms with Crippen LogP contribution in [0.4, 0.5) is 5.95 Å². The predicted molar refractivity (Wildman–Crippen MR) is 79.1 cm³/mol. The van der Waals surface area contributed by atoms with Gasteiger partial charge >= 0.3 is 0 Å². The molecule has 5 nitrogen and oxygen atoms in total. The van der Waals surface area contributed by atoms with Crippen LogP contribution < -0.4 is 15.0 Å². The lowest BCUT2D eigenvalue weighted by atomic mass is 9.85. The van der Waals surface area contributed by atoms with Crippen LogP contribution in [0.5, 0.6) is 5.88 Å². The van der Waals surface area contributed by atoms with E-state index in [-0.39, 0.29) is 6.10 Å². The van der Waals surface area contributed by atoms with E-state index in [0.717, 1.165) is 25.0 Å². The summed E-state index contributed by atoms with van der Waals surface area (Å²) in [6.07, 6.45) is 5.73. The molecule has 3 rings (SSSR count). The summed E-state index contributed by atoms with van der Waals surface area (Å²) in [6, 6.07) is 2.52. The number of nitrogens with zero attached hydrogens (tertiary/aromatic N) is 3. The van der Waals surface area contributed by atoms with Crippen LogP contribution in [-0.2, 0) is 0 Å². The zero-order chi connectivity index (χ0) is 13.9. The number of ether oxygens (including phenoxy) is 1. The Kier molecular flexibility index (Phi) is 4.05. The predicted octanol–water partition coefficient (Wildman–Crippen LogP) is 1.84. The van der Waals surface area contributed by atoms with Gasteiger partial charge in [0.2, 0.25) is 11.8 Å². The maximum absolute atomic E-state index is 5.66. The SMILES string of the molecule is CC(C)Oc1ccnc(N2CCC3NCCCC3C2)n1. The van der Waals surface area contributed by atoms with Crippen molar-refractivity contribution in [2.45, 2.75) is 45.3 Å². The molecular weight excluding hydrogens is 252 g/mol. The molecule has 5 heteroatoms. The second kappa shape index (κ2) is 5.95. The Labute approximate surface area is 120 Å². The molecule has 0 aliphatic carbocycles. The molecule has 2 atom stereocenters. The van der Waals surface area contributed by atoms with Crippen LogP contribution in [0.3, 0.4) is 0 Å². The fourth-order valence-corrected chi connectivity index (χ4v) is 3.22. The van der Waals surface area contributed by atoms with Gasteiger partial charge in [-0.15, -0.1) is 0 Å². The summed E-state index contributed by atoms with van der Waals surface area (Å²) in [7, 11) is 0. The number of piperidine rings is 2.